The number of rotatable bonds is 42. The fourth-order valence-corrected chi connectivity index (χ4v) is 11.2. The highest BCUT2D eigenvalue weighted by molar-refractivity contribution is 7.44. The number of halogens is 1. The minimum Gasteiger partial charge on any atom is -0.756 e. The first kappa shape index (κ1) is 62.7. The number of aliphatic hydroxyl groups is 3. The van der Waals surface area contributed by atoms with Gasteiger partial charge in [-0.2, -0.15) is 9.97 Å². The maximum Gasteiger partial charge on any atom is 0.351 e. The summed E-state index contributed by atoms with van der Waals surface area (Å²) in [6, 6.07) is 1.50. The number of phosphoric ester groups is 1. The van der Waals surface area contributed by atoms with Crippen LogP contribution >= 0.6 is 7.82 Å². The van der Waals surface area contributed by atoms with Gasteiger partial charge in [-0.25, -0.2) is 14.0 Å². The van der Waals surface area contributed by atoms with E-state index < -0.39 is 80.0 Å². The normalized spacial score (nSPS) is 22.7. The molecule has 2 aromatic rings. The SMILES string of the molecule is CCCCCCCCCCCCCCCCCCNc1ccn(C2OC(C(C)(OP(=O)([O-])O)C3OC(n4cc(F)c(NCCCCCCCCCCCCCCCCCC)nc4=O)CC3O)C(O)C2O)c(=O)n1. The topological polar surface area (TPSA) is 243 Å². The Hall–Kier alpha value is -2.80. The number of hydrogen-bond donors (Lipinski definition) is 6. The van der Waals surface area contributed by atoms with Crippen molar-refractivity contribution >= 4 is 19.5 Å². The standard InChI is InChI=1S/C54H96FN6O11P/c1-4-6-8-10-12-14-16-18-20-22-24-26-28-30-32-34-37-56-44-36-39-60(52(65)58-44)51-47(64)46(63)49(71-51)54(3,72-73(67,68)69)48-43(62)40-45(70-48)61-41-42(55)50(59-53(61)66)57-38-35-33-31-29-27-25-23-21-19-17-15-13-11-9-7-5-2/h36,39,41,43,45-49,51,62-64H,4-35,37-38,40H2,1-3H3,(H,56,58,65)(H,57,59,66)(H2,67,68,69)/p-1. The van der Waals surface area contributed by atoms with Crippen LogP contribution < -0.4 is 26.9 Å². The molecular formula is C54H95FN6O11P-. The van der Waals surface area contributed by atoms with E-state index in [0.717, 1.165) is 67.2 Å². The Morgan fingerprint density at radius 2 is 1.08 bits per heavy atom. The Balaban J connectivity index is 1.20. The van der Waals surface area contributed by atoms with Crippen molar-refractivity contribution in [3.05, 3.63) is 45.2 Å². The Kier molecular flexibility index (Phi) is 29.9. The van der Waals surface area contributed by atoms with E-state index in [1.165, 1.54) is 173 Å². The van der Waals surface area contributed by atoms with Crippen molar-refractivity contribution in [2.24, 2.45) is 0 Å². The van der Waals surface area contributed by atoms with Gasteiger partial charge in [0.25, 0.3) is 7.82 Å². The fraction of sp³-hybridized carbons (Fsp3) is 0.852. The Labute approximate surface area is 435 Å². The van der Waals surface area contributed by atoms with Crippen LogP contribution in [0.5, 0.6) is 0 Å². The highest BCUT2D eigenvalue weighted by Gasteiger charge is 2.61. The maximum absolute atomic E-state index is 15.4. The summed E-state index contributed by atoms with van der Waals surface area (Å²) in [6.45, 7) is 6.55. The Morgan fingerprint density at radius 1 is 0.658 bits per heavy atom. The average molecular weight is 1050 g/mol. The number of anilines is 2. The molecule has 73 heavy (non-hydrogen) atoms. The molecule has 2 aromatic heterocycles. The van der Waals surface area contributed by atoms with Crippen molar-refractivity contribution in [1.82, 2.24) is 19.1 Å². The lowest BCUT2D eigenvalue weighted by atomic mass is 9.86. The molecule has 2 fully saturated rings. The van der Waals surface area contributed by atoms with Crippen molar-refractivity contribution in [2.45, 2.75) is 281 Å². The lowest BCUT2D eigenvalue weighted by molar-refractivity contribution is -0.259. The van der Waals surface area contributed by atoms with Gasteiger partial charge in [0.15, 0.2) is 17.9 Å². The van der Waals surface area contributed by atoms with Gasteiger partial charge in [0.2, 0.25) is 0 Å². The quantitative estimate of drug-likeness (QED) is 0.0268. The van der Waals surface area contributed by atoms with E-state index in [9.17, 15) is 39.3 Å². The second-order valence-corrected chi connectivity index (χ2v) is 22.2. The van der Waals surface area contributed by atoms with Gasteiger partial charge in [0.05, 0.1) is 12.3 Å². The van der Waals surface area contributed by atoms with Crippen LogP contribution in [-0.4, -0.2) is 88.5 Å². The van der Waals surface area contributed by atoms with Crippen molar-refractivity contribution in [3.63, 3.8) is 0 Å². The summed E-state index contributed by atoms with van der Waals surface area (Å²) in [6.07, 6.45) is 29.5. The maximum atomic E-state index is 15.4. The van der Waals surface area contributed by atoms with Crippen LogP contribution in [0.25, 0.3) is 0 Å². The summed E-state index contributed by atoms with van der Waals surface area (Å²) in [7, 11) is -5.71. The first-order valence-electron chi connectivity index (χ1n) is 28.7. The van der Waals surface area contributed by atoms with Gasteiger partial charge >= 0.3 is 11.4 Å². The lowest BCUT2D eigenvalue weighted by Crippen LogP contribution is -2.59. The number of nitrogens with zero attached hydrogens (tertiary/aromatic N) is 4. The number of nitrogens with one attached hydrogen (secondary N) is 2. The molecule has 17 nitrogen and oxygen atoms in total. The van der Waals surface area contributed by atoms with Gasteiger partial charge in [0.1, 0.15) is 42.1 Å². The third-order valence-corrected chi connectivity index (χ3v) is 15.4. The van der Waals surface area contributed by atoms with Crippen LogP contribution in [0, 0.1) is 5.82 Å². The molecule has 0 saturated carbocycles. The summed E-state index contributed by atoms with van der Waals surface area (Å²) >= 11 is 0. The minimum atomic E-state index is -5.71. The molecule has 0 spiro atoms. The zero-order valence-corrected chi connectivity index (χ0v) is 45.7. The lowest BCUT2D eigenvalue weighted by Gasteiger charge is -2.43. The van der Waals surface area contributed by atoms with Gasteiger partial charge in [-0.05, 0) is 25.8 Å². The molecule has 9 atom stereocenters. The second kappa shape index (κ2) is 34.8. The second-order valence-electron chi connectivity index (χ2n) is 21.1. The van der Waals surface area contributed by atoms with Crippen LogP contribution in [0.3, 0.4) is 0 Å². The molecule has 19 heteroatoms. The van der Waals surface area contributed by atoms with Crippen LogP contribution in [0.1, 0.15) is 245 Å². The van der Waals surface area contributed by atoms with Gasteiger partial charge in [-0.15, -0.1) is 0 Å². The molecule has 0 aromatic carbocycles. The zero-order chi connectivity index (χ0) is 52.9. The van der Waals surface area contributed by atoms with E-state index in [2.05, 4.69) is 34.4 Å². The summed E-state index contributed by atoms with van der Waals surface area (Å²) in [4.78, 5) is 56.7. The molecule has 4 heterocycles. The molecule has 2 aliphatic heterocycles. The molecule has 2 saturated heterocycles. The molecule has 420 valence electrons. The van der Waals surface area contributed by atoms with E-state index in [-0.39, 0.29) is 5.82 Å². The van der Waals surface area contributed by atoms with E-state index >= 15 is 4.39 Å². The predicted octanol–water partition coefficient (Wildman–Crippen LogP) is 10.5. The number of aliphatic hydroxyl groups excluding tert-OH is 3. The minimum absolute atomic E-state index is 0.246. The molecule has 0 radical (unpaired) electrons. The van der Waals surface area contributed by atoms with Crippen molar-refractivity contribution < 1.29 is 48.1 Å². The van der Waals surface area contributed by atoms with Crippen LogP contribution in [0.2, 0.25) is 0 Å². The molecule has 0 bridgehead atoms. The molecular weight excluding hydrogens is 959 g/mol. The zero-order valence-electron chi connectivity index (χ0n) is 44.8. The van der Waals surface area contributed by atoms with Crippen LogP contribution in [0.15, 0.2) is 28.0 Å². The number of aromatic nitrogens is 4. The average Bonchev–Trinajstić information content (AvgIpc) is 3.89. The highest BCUT2D eigenvalue weighted by atomic mass is 31.2. The van der Waals surface area contributed by atoms with E-state index in [4.69, 9.17) is 14.0 Å². The van der Waals surface area contributed by atoms with E-state index in [1.807, 2.05) is 0 Å². The fourth-order valence-electron chi connectivity index (χ4n) is 10.5. The number of phosphoric acid groups is 1. The largest absolute Gasteiger partial charge is 0.756 e. The first-order valence-corrected chi connectivity index (χ1v) is 30.1. The van der Waals surface area contributed by atoms with Crippen molar-refractivity contribution in [3.8, 4) is 0 Å². The smallest absolute Gasteiger partial charge is 0.351 e. The molecule has 6 N–H and O–H groups in total. The molecule has 0 aliphatic carbocycles. The number of ether oxygens (including phenoxy) is 2. The summed E-state index contributed by atoms with van der Waals surface area (Å²) < 4.78 is 46.5. The Bertz CT molecular complexity index is 1980. The van der Waals surface area contributed by atoms with E-state index in [1.54, 1.807) is 0 Å². The molecule has 0 amide bonds. The highest BCUT2D eigenvalue weighted by Crippen LogP contribution is 2.49. The molecule has 2 aliphatic rings. The third-order valence-electron chi connectivity index (χ3n) is 14.8. The van der Waals surface area contributed by atoms with Crippen molar-refractivity contribution in [2.75, 3.05) is 23.7 Å². The van der Waals surface area contributed by atoms with Crippen LogP contribution in [0.4, 0.5) is 16.0 Å². The van der Waals surface area contributed by atoms with Gasteiger partial charge in [-0.3, -0.25) is 13.7 Å². The number of hydrogen-bond acceptors (Lipinski definition) is 14. The number of unbranched alkanes of at least 4 members (excludes halogenated alkanes) is 30. The molecule has 9 unspecified atom stereocenters. The predicted molar refractivity (Wildman–Crippen MR) is 283 cm³/mol. The van der Waals surface area contributed by atoms with Crippen molar-refractivity contribution in [1.29, 1.82) is 0 Å². The van der Waals surface area contributed by atoms with Crippen LogP contribution in [-0.2, 0) is 18.6 Å². The summed E-state index contributed by atoms with van der Waals surface area (Å²) in [5, 5.41) is 39.8. The Morgan fingerprint density at radius 3 is 1.52 bits per heavy atom. The van der Waals surface area contributed by atoms with Gasteiger partial charge in [-0.1, -0.05) is 206 Å². The molecule has 4 rings (SSSR count). The summed E-state index contributed by atoms with van der Waals surface area (Å²) in [5.41, 5.74) is -4.25. The van der Waals surface area contributed by atoms with Gasteiger partial charge in [0, 0.05) is 25.7 Å². The summed E-state index contributed by atoms with van der Waals surface area (Å²) in [5.74, 6) is -0.817. The monoisotopic (exact) mass is 1050 g/mol. The third kappa shape index (κ3) is 22.4. The van der Waals surface area contributed by atoms with E-state index in [0.29, 0.717) is 18.9 Å². The first-order chi connectivity index (χ1) is 35.2. The van der Waals surface area contributed by atoms with Gasteiger partial charge < -0.3 is 49.7 Å².